The highest BCUT2D eigenvalue weighted by molar-refractivity contribution is 5.71. The summed E-state index contributed by atoms with van der Waals surface area (Å²) in [6, 6.07) is 0. The van der Waals surface area contributed by atoms with E-state index in [1.807, 2.05) is 12.2 Å². The smallest absolute Gasteiger partial charge is 0.306 e. The standard InChI is InChI=1S/C65H102O6/c1-4-7-10-13-16-19-22-25-28-31-32-35-37-40-43-46-49-52-55-58-64(67)70-61-62(71-65(68)59-56-53-50-47-44-41-38-34-30-27-24-21-18-15-12-9-6-3)60-69-63(66)57-54-51-48-45-42-39-36-33-29-26-23-20-17-14-11-8-5-2/h7,10,16-21,25-30,32,35-36,38-41,43,49,52,62H,4-6,8-9,11-15,22-24,31,33-34,37,42,44-48,50-51,53-61H2,1-3H3/b10-7-,19-16-,20-17-,21-18-,28-25-,29-26-,30-27-,35-32-,39-36-,41-38-,43-40-,52-49-/t62-/m0/s1. The number of ether oxygens (including phenoxy) is 3. The minimum absolute atomic E-state index is 0.128. The van der Waals surface area contributed by atoms with Crippen molar-refractivity contribution in [3.8, 4) is 0 Å². The fourth-order valence-corrected chi connectivity index (χ4v) is 7.07. The lowest BCUT2D eigenvalue weighted by molar-refractivity contribution is -0.166. The number of hydrogen-bond acceptors (Lipinski definition) is 6. The summed E-state index contributed by atoms with van der Waals surface area (Å²) in [5.74, 6) is -1.06. The third-order valence-corrected chi connectivity index (χ3v) is 11.3. The molecule has 0 saturated carbocycles. The molecule has 6 nitrogen and oxygen atoms in total. The van der Waals surface area contributed by atoms with Crippen LogP contribution in [0.25, 0.3) is 0 Å². The molecule has 6 heteroatoms. The van der Waals surface area contributed by atoms with Crippen LogP contribution in [0.2, 0.25) is 0 Å². The zero-order chi connectivity index (χ0) is 51.4. The number of esters is 3. The Morgan fingerprint density at radius 3 is 0.930 bits per heavy atom. The molecule has 0 aromatic heterocycles. The summed E-state index contributed by atoms with van der Waals surface area (Å²) < 4.78 is 16.7. The van der Waals surface area contributed by atoms with Crippen LogP contribution in [0.15, 0.2) is 146 Å². The van der Waals surface area contributed by atoms with E-state index < -0.39 is 6.10 Å². The van der Waals surface area contributed by atoms with Crippen LogP contribution in [0.5, 0.6) is 0 Å². The molecule has 398 valence electrons. The first-order valence-electron chi connectivity index (χ1n) is 28.3. The molecule has 0 radical (unpaired) electrons. The molecule has 0 amide bonds. The van der Waals surface area contributed by atoms with E-state index in [2.05, 4.69) is 154 Å². The zero-order valence-corrected chi connectivity index (χ0v) is 45.4. The SMILES string of the molecule is CC/C=C\C/C=C\C/C=C\C/C=C\C/C=C\C/C=C\CCC(=O)OC[C@H](COC(=O)CCCCCC/C=C\C/C=C\C/C=C\CCCCC)OC(=O)CCCCCC/C=C\C/C=C\C/C=C\CCCCC. The molecule has 0 aliphatic carbocycles. The zero-order valence-electron chi connectivity index (χ0n) is 45.4. The van der Waals surface area contributed by atoms with Gasteiger partial charge in [-0.05, 0) is 135 Å². The van der Waals surface area contributed by atoms with Crippen molar-refractivity contribution >= 4 is 17.9 Å². The fraction of sp³-hybridized carbons (Fsp3) is 0.585. The monoisotopic (exact) mass is 979 g/mol. The minimum Gasteiger partial charge on any atom is -0.462 e. The first-order valence-corrected chi connectivity index (χ1v) is 28.3. The molecular weight excluding hydrogens is 877 g/mol. The molecule has 0 heterocycles. The quantitative estimate of drug-likeness (QED) is 0.0262. The third-order valence-electron chi connectivity index (χ3n) is 11.3. The highest BCUT2D eigenvalue weighted by Gasteiger charge is 2.19. The van der Waals surface area contributed by atoms with E-state index in [-0.39, 0.29) is 44.0 Å². The van der Waals surface area contributed by atoms with Crippen molar-refractivity contribution in [2.24, 2.45) is 0 Å². The largest absolute Gasteiger partial charge is 0.462 e. The lowest BCUT2D eigenvalue weighted by Gasteiger charge is -2.18. The summed E-state index contributed by atoms with van der Waals surface area (Å²) in [4.78, 5) is 38.1. The van der Waals surface area contributed by atoms with E-state index >= 15 is 0 Å². The molecule has 0 fully saturated rings. The molecule has 0 N–H and O–H groups in total. The predicted molar refractivity (Wildman–Crippen MR) is 306 cm³/mol. The van der Waals surface area contributed by atoms with E-state index in [9.17, 15) is 14.4 Å². The minimum atomic E-state index is -0.837. The Bertz CT molecular complexity index is 1590. The van der Waals surface area contributed by atoms with Crippen LogP contribution < -0.4 is 0 Å². The first kappa shape index (κ1) is 66.3. The second-order valence-electron chi connectivity index (χ2n) is 18.1. The Labute approximate surface area is 436 Å². The van der Waals surface area contributed by atoms with Gasteiger partial charge in [-0.3, -0.25) is 14.4 Å². The van der Waals surface area contributed by atoms with Gasteiger partial charge in [0.25, 0.3) is 0 Å². The van der Waals surface area contributed by atoms with Crippen LogP contribution >= 0.6 is 0 Å². The summed E-state index contributed by atoms with van der Waals surface area (Å²) >= 11 is 0. The summed E-state index contributed by atoms with van der Waals surface area (Å²) in [7, 11) is 0. The maximum absolute atomic E-state index is 12.8. The van der Waals surface area contributed by atoms with E-state index in [0.717, 1.165) is 128 Å². The van der Waals surface area contributed by atoms with Gasteiger partial charge in [-0.25, -0.2) is 0 Å². The molecule has 0 aliphatic rings. The second kappa shape index (κ2) is 57.9. The topological polar surface area (TPSA) is 78.9 Å². The number of carbonyl (C=O) groups excluding carboxylic acids is 3. The Kier molecular flexibility index (Phi) is 54.0. The van der Waals surface area contributed by atoms with Crippen molar-refractivity contribution in [3.05, 3.63) is 146 Å². The van der Waals surface area contributed by atoms with E-state index in [1.54, 1.807) is 0 Å². The van der Waals surface area contributed by atoms with Crippen molar-refractivity contribution in [3.63, 3.8) is 0 Å². The average Bonchev–Trinajstić information content (AvgIpc) is 3.37. The van der Waals surface area contributed by atoms with Crippen LogP contribution in [0.1, 0.15) is 226 Å². The van der Waals surface area contributed by atoms with E-state index in [4.69, 9.17) is 14.2 Å². The van der Waals surface area contributed by atoms with Gasteiger partial charge in [-0.2, -0.15) is 0 Å². The van der Waals surface area contributed by atoms with E-state index in [1.165, 1.54) is 51.4 Å². The van der Waals surface area contributed by atoms with Crippen molar-refractivity contribution < 1.29 is 28.6 Å². The van der Waals surface area contributed by atoms with Crippen molar-refractivity contribution in [1.29, 1.82) is 0 Å². The Hall–Kier alpha value is -4.71. The highest BCUT2D eigenvalue weighted by Crippen LogP contribution is 2.12. The van der Waals surface area contributed by atoms with Crippen molar-refractivity contribution in [2.45, 2.75) is 232 Å². The van der Waals surface area contributed by atoms with Crippen LogP contribution in [0, 0.1) is 0 Å². The van der Waals surface area contributed by atoms with Crippen LogP contribution in [0.3, 0.4) is 0 Å². The molecular formula is C65H102O6. The van der Waals surface area contributed by atoms with Crippen LogP contribution in [-0.4, -0.2) is 37.2 Å². The molecule has 0 unspecified atom stereocenters. The second-order valence-corrected chi connectivity index (χ2v) is 18.1. The van der Waals surface area contributed by atoms with Gasteiger partial charge >= 0.3 is 17.9 Å². The lowest BCUT2D eigenvalue weighted by atomic mass is 10.1. The number of unbranched alkanes of at least 4 members (excludes halogenated alkanes) is 14. The highest BCUT2D eigenvalue weighted by atomic mass is 16.6. The number of allylic oxidation sites excluding steroid dienone is 24. The van der Waals surface area contributed by atoms with Gasteiger partial charge < -0.3 is 14.2 Å². The number of rotatable bonds is 49. The average molecular weight is 980 g/mol. The fourth-order valence-electron chi connectivity index (χ4n) is 7.07. The Morgan fingerprint density at radius 1 is 0.296 bits per heavy atom. The molecule has 0 saturated heterocycles. The molecule has 1 atom stereocenters. The predicted octanol–water partition coefficient (Wildman–Crippen LogP) is 19.2. The van der Waals surface area contributed by atoms with Gasteiger partial charge in [0.15, 0.2) is 6.10 Å². The summed E-state index contributed by atoms with van der Waals surface area (Å²) in [5.41, 5.74) is 0. The molecule has 0 aliphatic heterocycles. The van der Waals surface area contributed by atoms with Crippen molar-refractivity contribution in [2.75, 3.05) is 13.2 Å². The van der Waals surface area contributed by atoms with Gasteiger partial charge in [0.05, 0.1) is 0 Å². The molecule has 0 rings (SSSR count). The summed E-state index contributed by atoms with van der Waals surface area (Å²) in [6.07, 6.45) is 82.7. The number of carbonyl (C=O) groups is 3. The molecule has 0 spiro atoms. The molecule has 0 aromatic rings. The normalized spacial score (nSPS) is 13.2. The van der Waals surface area contributed by atoms with Crippen LogP contribution in [0.4, 0.5) is 0 Å². The van der Waals surface area contributed by atoms with Crippen molar-refractivity contribution in [1.82, 2.24) is 0 Å². The maximum atomic E-state index is 12.8. The summed E-state index contributed by atoms with van der Waals surface area (Å²) in [5, 5.41) is 0. The molecule has 0 bridgehead atoms. The Balaban J connectivity index is 4.62. The molecule has 71 heavy (non-hydrogen) atoms. The maximum Gasteiger partial charge on any atom is 0.306 e. The number of hydrogen-bond donors (Lipinski definition) is 0. The van der Waals surface area contributed by atoms with E-state index in [0.29, 0.717) is 12.8 Å². The van der Waals surface area contributed by atoms with Crippen LogP contribution in [-0.2, 0) is 28.6 Å². The Morgan fingerprint density at radius 2 is 0.577 bits per heavy atom. The van der Waals surface area contributed by atoms with Gasteiger partial charge in [0, 0.05) is 19.3 Å². The summed E-state index contributed by atoms with van der Waals surface area (Å²) in [6.45, 7) is 6.35. The third kappa shape index (κ3) is 56.1. The van der Waals surface area contributed by atoms with Gasteiger partial charge in [-0.15, -0.1) is 0 Å². The molecule has 0 aromatic carbocycles. The van der Waals surface area contributed by atoms with Gasteiger partial charge in [0.2, 0.25) is 0 Å². The van der Waals surface area contributed by atoms with Gasteiger partial charge in [0.1, 0.15) is 13.2 Å². The lowest BCUT2D eigenvalue weighted by Crippen LogP contribution is -2.30. The first-order chi connectivity index (χ1) is 35.0. The van der Waals surface area contributed by atoms with Gasteiger partial charge in [-0.1, -0.05) is 218 Å².